The van der Waals surface area contributed by atoms with E-state index in [0.717, 1.165) is 7.11 Å². The van der Waals surface area contributed by atoms with E-state index >= 15 is 0 Å². The minimum absolute atomic E-state index is 0.0314. The van der Waals surface area contributed by atoms with Gasteiger partial charge in [0.05, 0.1) is 4.90 Å². The summed E-state index contributed by atoms with van der Waals surface area (Å²) >= 11 is 0. The average Bonchev–Trinajstić information content (AvgIpc) is 2.18. The lowest BCUT2D eigenvalue weighted by atomic mass is 10.4. The van der Waals surface area contributed by atoms with Crippen LogP contribution >= 0.6 is 0 Å². The van der Waals surface area contributed by atoms with Gasteiger partial charge in [-0.1, -0.05) is 18.2 Å². The summed E-state index contributed by atoms with van der Waals surface area (Å²) in [6, 6.07) is 7.49. The van der Waals surface area contributed by atoms with Gasteiger partial charge in [0.1, 0.15) is 0 Å². The minimum atomic E-state index is -3.95. The van der Waals surface area contributed by atoms with Gasteiger partial charge in [-0.15, -0.1) is 0 Å². The van der Waals surface area contributed by atoms with Crippen LogP contribution in [-0.2, 0) is 19.0 Å². The molecule has 78 valence electrons. The van der Waals surface area contributed by atoms with Crippen molar-refractivity contribution in [2.45, 2.75) is 11.4 Å². The van der Waals surface area contributed by atoms with Crippen LogP contribution in [0.15, 0.2) is 35.2 Å². The van der Waals surface area contributed by atoms with E-state index in [1.54, 1.807) is 18.2 Å². The zero-order valence-corrected chi connectivity index (χ0v) is 8.27. The lowest BCUT2D eigenvalue weighted by Gasteiger charge is -2.09. The predicted octanol–water partition coefficient (Wildman–Crippen LogP) is 0.314. The van der Waals surface area contributed by atoms with Crippen molar-refractivity contribution in [2.75, 3.05) is 7.11 Å². The molecule has 0 heterocycles. The maximum Gasteiger partial charge on any atom is 0.301 e. The van der Waals surface area contributed by atoms with Gasteiger partial charge in [0.15, 0.2) is 0 Å². The molecule has 1 aromatic carbocycles. The number of hydrogen-bond acceptors (Lipinski definition) is 5. The van der Waals surface area contributed by atoms with Crippen LogP contribution in [0.3, 0.4) is 0 Å². The molecule has 0 saturated heterocycles. The van der Waals surface area contributed by atoms with E-state index in [1.165, 1.54) is 12.1 Å². The Morgan fingerprint density at radius 2 is 1.86 bits per heavy atom. The summed E-state index contributed by atoms with van der Waals surface area (Å²) in [5, 5.41) is 8.83. The van der Waals surface area contributed by atoms with Crippen LogP contribution in [0.1, 0.15) is 0 Å². The SMILES string of the molecule is COC(O)OS(=O)(=O)c1ccccc1. The number of ether oxygens (including phenoxy) is 1. The van der Waals surface area contributed by atoms with Crippen molar-refractivity contribution < 1.29 is 22.4 Å². The first-order chi connectivity index (χ1) is 6.56. The Hall–Kier alpha value is -0.950. The Labute approximate surface area is 82.0 Å². The van der Waals surface area contributed by atoms with Crippen molar-refractivity contribution in [2.24, 2.45) is 0 Å². The maximum atomic E-state index is 11.3. The van der Waals surface area contributed by atoms with Crippen LogP contribution in [-0.4, -0.2) is 27.1 Å². The first kappa shape index (κ1) is 11.1. The molecule has 0 radical (unpaired) electrons. The summed E-state index contributed by atoms with van der Waals surface area (Å²) in [6.45, 7) is -1.78. The zero-order valence-electron chi connectivity index (χ0n) is 7.45. The lowest BCUT2D eigenvalue weighted by molar-refractivity contribution is -0.197. The molecular weight excluding hydrogens is 208 g/mol. The summed E-state index contributed by atoms with van der Waals surface area (Å²) in [5.41, 5.74) is 0. The van der Waals surface area contributed by atoms with Gasteiger partial charge in [-0.05, 0) is 12.1 Å². The molecule has 14 heavy (non-hydrogen) atoms. The minimum Gasteiger partial charge on any atom is -0.345 e. The van der Waals surface area contributed by atoms with E-state index in [0.29, 0.717) is 0 Å². The van der Waals surface area contributed by atoms with Crippen LogP contribution in [0, 0.1) is 0 Å². The fourth-order valence-corrected chi connectivity index (χ4v) is 1.69. The topological polar surface area (TPSA) is 72.8 Å². The van der Waals surface area contributed by atoms with Crippen molar-refractivity contribution in [3.8, 4) is 0 Å². The number of aliphatic hydroxyl groups is 1. The molecule has 0 aliphatic carbocycles. The molecular formula is C8H10O5S. The summed E-state index contributed by atoms with van der Waals surface area (Å²) < 4.78 is 31.2. The van der Waals surface area contributed by atoms with Gasteiger partial charge in [0, 0.05) is 7.11 Å². The fourth-order valence-electron chi connectivity index (χ4n) is 0.790. The Balaban J connectivity index is 2.87. The molecule has 5 nitrogen and oxygen atoms in total. The molecule has 0 amide bonds. The van der Waals surface area contributed by atoms with Gasteiger partial charge in [0.2, 0.25) is 0 Å². The first-order valence-corrected chi connectivity index (χ1v) is 5.16. The summed E-state index contributed by atoms with van der Waals surface area (Å²) in [5.74, 6) is 0. The Bertz CT molecular complexity index is 372. The highest BCUT2D eigenvalue weighted by Gasteiger charge is 2.19. The quantitative estimate of drug-likeness (QED) is 0.581. The number of hydrogen-bond donors (Lipinski definition) is 1. The van der Waals surface area contributed by atoms with E-state index in [9.17, 15) is 8.42 Å². The van der Waals surface area contributed by atoms with Crippen molar-refractivity contribution in [1.82, 2.24) is 0 Å². The number of benzene rings is 1. The van der Waals surface area contributed by atoms with E-state index < -0.39 is 16.6 Å². The predicted molar refractivity (Wildman–Crippen MR) is 47.7 cm³/mol. The second-order valence-corrected chi connectivity index (χ2v) is 3.98. The average molecular weight is 218 g/mol. The third-order valence-corrected chi connectivity index (χ3v) is 2.71. The van der Waals surface area contributed by atoms with Gasteiger partial charge in [0.25, 0.3) is 6.48 Å². The van der Waals surface area contributed by atoms with Gasteiger partial charge in [-0.2, -0.15) is 8.42 Å². The van der Waals surface area contributed by atoms with Crippen LogP contribution in [0.4, 0.5) is 0 Å². The molecule has 6 heteroatoms. The molecule has 0 aliphatic rings. The smallest absolute Gasteiger partial charge is 0.301 e. The second-order valence-electron chi connectivity index (χ2n) is 2.41. The number of methoxy groups -OCH3 is 1. The van der Waals surface area contributed by atoms with E-state index in [-0.39, 0.29) is 4.90 Å². The molecule has 1 atom stereocenters. The van der Waals surface area contributed by atoms with Crippen LogP contribution in [0.5, 0.6) is 0 Å². The van der Waals surface area contributed by atoms with Crippen molar-refractivity contribution >= 4 is 10.1 Å². The van der Waals surface area contributed by atoms with E-state index in [2.05, 4.69) is 8.92 Å². The molecule has 1 unspecified atom stereocenters. The van der Waals surface area contributed by atoms with Gasteiger partial charge < -0.3 is 9.84 Å². The zero-order chi connectivity index (χ0) is 10.6. The molecule has 0 aromatic heterocycles. The molecule has 1 N–H and O–H groups in total. The molecule has 0 aliphatic heterocycles. The van der Waals surface area contributed by atoms with Crippen molar-refractivity contribution in [3.63, 3.8) is 0 Å². The monoisotopic (exact) mass is 218 g/mol. The normalized spacial score (nSPS) is 13.9. The highest BCUT2D eigenvalue weighted by molar-refractivity contribution is 7.86. The molecule has 1 aromatic rings. The summed E-state index contributed by atoms with van der Waals surface area (Å²) in [4.78, 5) is -0.0314. The van der Waals surface area contributed by atoms with Crippen molar-refractivity contribution in [1.29, 1.82) is 0 Å². The lowest BCUT2D eigenvalue weighted by Crippen LogP contribution is -2.19. The van der Waals surface area contributed by atoms with Crippen LogP contribution in [0.2, 0.25) is 0 Å². The third-order valence-electron chi connectivity index (χ3n) is 1.44. The highest BCUT2D eigenvalue weighted by Crippen LogP contribution is 2.12. The fraction of sp³-hybridized carbons (Fsp3) is 0.250. The van der Waals surface area contributed by atoms with Gasteiger partial charge >= 0.3 is 10.1 Å². The molecule has 1 rings (SSSR count). The maximum absolute atomic E-state index is 11.3. The Morgan fingerprint density at radius 1 is 1.29 bits per heavy atom. The van der Waals surface area contributed by atoms with Crippen molar-refractivity contribution in [3.05, 3.63) is 30.3 Å². The summed E-state index contributed by atoms with van der Waals surface area (Å²) in [6.07, 6.45) is 0. The molecule has 0 fully saturated rings. The molecule has 0 bridgehead atoms. The third kappa shape index (κ3) is 2.78. The number of rotatable bonds is 4. The summed E-state index contributed by atoms with van der Waals surface area (Å²) in [7, 11) is -2.82. The largest absolute Gasteiger partial charge is 0.345 e. The number of aliphatic hydroxyl groups excluding tert-OH is 1. The standard InChI is InChI=1S/C8H10O5S/c1-12-8(9)13-14(10,11)7-5-3-2-4-6-7/h2-6,8-9H,1H3. The first-order valence-electron chi connectivity index (χ1n) is 3.75. The van der Waals surface area contributed by atoms with Crippen LogP contribution < -0.4 is 0 Å². The van der Waals surface area contributed by atoms with Gasteiger partial charge in [-0.25, -0.2) is 4.18 Å². The van der Waals surface area contributed by atoms with E-state index in [4.69, 9.17) is 5.11 Å². The Kier molecular flexibility index (Phi) is 3.59. The molecule has 0 spiro atoms. The highest BCUT2D eigenvalue weighted by atomic mass is 32.2. The van der Waals surface area contributed by atoms with Gasteiger partial charge in [-0.3, -0.25) is 0 Å². The van der Waals surface area contributed by atoms with Crippen LogP contribution in [0.25, 0.3) is 0 Å². The van der Waals surface area contributed by atoms with E-state index in [1.807, 2.05) is 0 Å². The molecule has 0 saturated carbocycles. The second kappa shape index (κ2) is 4.52. The Morgan fingerprint density at radius 3 is 2.36 bits per heavy atom.